The largest absolute Gasteiger partial charge is 0.418 e. The number of nitrogen functional groups attached to an aromatic ring is 1. The number of hydrogen-bond acceptors (Lipinski definition) is 5. The summed E-state index contributed by atoms with van der Waals surface area (Å²) in [6.45, 7) is 3.05. The van der Waals surface area contributed by atoms with Crippen molar-refractivity contribution >= 4 is 40.8 Å². The maximum Gasteiger partial charge on any atom is 0.418 e. The summed E-state index contributed by atoms with van der Waals surface area (Å²) in [4.78, 5) is 46.7. The zero-order valence-corrected chi connectivity index (χ0v) is 27.7. The number of nitrogens with one attached hydrogen (secondary N) is 2. The molecule has 4 N–H and O–H groups in total. The fourth-order valence-electron chi connectivity index (χ4n) is 7.51. The molecule has 1 atom stereocenters. The van der Waals surface area contributed by atoms with E-state index in [1.807, 2.05) is 36.2 Å². The van der Waals surface area contributed by atoms with Crippen molar-refractivity contribution in [2.45, 2.75) is 63.6 Å². The van der Waals surface area contributed by atoms with Crippen LogP contribution < -0.4 is 16.4 Å². The van der Waals surface area contributed by atoms with Crippen molar-refractivity contribution in [3.63, 3.8) is 0 Å². The number of carbonyl (C=O) groups excluding carboxylic acids is 3. The minimum absolute atomic E-state index is 0.0472. The van der Waals surface area contributed by atoms with E-state index in [4.69, 9.17) is 17.3 Å². The van der Waals surface area contributed by atoms with Gasteiger partial charge in [-0.2, -0.15) is 13.2 Å². The monoisotopic (exact) mass is 676 g/mol. The van der Waals surface area contributed by atoms with E-state index < -0.39 is 22.8 Å². The summed E-state index contributed by atoms with van der Waals surface area (Å²) in [7, 11) is 3.52. The molecule has 3 aliphatic rings. The van der Waals surface area contributed by atoms with Crippen LogP contribution in [0.4, 0.5) is 29.3 Å². The van der Waals surface area contributed by atoms with Crippen LogP contribution in [0.5, 0.6) is 0 Å². The van der Waals surface area contributed by atoms with Crippen LogP contribution in [0.1, 0.15) is 55.2 Å². The third-order valence-corrected chi connectivity index (χ3v) is 10.5. The fraction of sp³-hybridized carbons (Fsp3) is 0.559. The second-order valence-electron chi connectivity index (χ2n) is 13.3. The SMILES string of the molecule is CNC(=O)[C@](CC(=O)N1CCC(N2CCc3ccccc3NC2=O)CC1)(Cc1cc(Cl)c(N)c(C(F)(F)F)c1)CC1CCN(C)CC1. The Morgan fingerprint density at radius 2 is 1.72 bits per heavy atom. The molecule has 2 aromatic carbocycles. The highest BCUT2D eigenvalue weighted by Crippen LogP contribution is 2.43. The van der Waals surface area contributed by atoms with Gasteiger partial charge in [-0.3, -0.25) is 9.59 Å². The molecule has 5 rings (SSSR count). The molecule has 0 radical (unpaired) electrons. The van der Waals surface area contributed by atoms with Crippen molar-refractivity contribution < 1.29 is 27.6 Å². The van der Waals surface area contributed by atoms with Crippen molar-refractivity contribution in [1.29, 1.82) is 0 Å². The van der Waals surface area contributed by atoms with Crippen molar-refractivity contribution in [1.82, 2.24) is 20.0 Å². The molecule has 0 bridgehead atoms. The first-order valence-corrected chi connectivity index (χ1v) is 16.7. The van der Waals surface area contributed by atoms with Gasteiger partial charge < -0.3 is 31.1 Å². The van der Waals surface area contributed by atoms with Gasteiger partial charge in [0.1, 0.15) is 0 Å². The summed E-state index contributed by atoms with van der Waals surface area (Å²) in [5, 5.41) is 5.49. The van der Waals surface area contributed by atoms with Crippen LogP contribution in [-0.4, -0.2) is 85.4 Å². The van der Waals surface area contributed by atoms with Crippen LogP contribution in [0, 0.1) is 11.3 Å². The van der Waals surface area contributed by atoms with Crippen molar-refractivity contribution in [2.75, 3.05) is 57.9 Å². The molecule has 13 heteroatoms. The van der Waals surface area contributed by atoms with Crippen LogP contribution in [0.15, 0.2) is 36.4 Å². The summed E-state index contributed by atoms with van der Waals surface area (Å²) in [5.41, 5.74) is 4.88. The number of rotatable bonds is 8. The van der Waals surface area contributed by atoms with Crippen LogP contribution in [0.2, 0.25) is 5.02 Å². The molecule has 2 aromatic rings. The number of nitrogens with two attached hydrogens (primary N) is 1. The zero-order valence-electron chi connectivity index (χ0n) is 27.0. The van der Waals surface area contributed by atoms with Crippen LogP contribution in [0.3, 0.4) is 0 Å². The third kappa shape index (κ3) is 7.97. The molecule has 47 heavy (non-hydrogen) atoms. The van der Waals surface area contributed by atoms with Gasteiger partial charge in [0.25, 0.3) is 0 Å². The van der Waals surface area contributed by atoms with E-state index in [-0.39, 0.29) is 53.2 Å². The first-order chi connectivity index (χ1) is 22.3. The van der Waals surface area contributed by atoms with Crippen LogP contribution in [0.25, 0.3) is 0 Å². The summed E-state index contributed by atoms with van der Waals surface area (Å²) >= 11 is 6.19. The second-order valence-corrected chi connectivity index (χ2v) is 13.8. The zero-order chi connectivity index (χ0) is 33.9. The maximum atomic E-state index is 14.0. The molecule has 4 amide bonds. The molecule has 0 aliphatic carbocycles. The highest BCUT2D eigenvalue weighted by atomic mass is 35.5. The predicted octanol–water partition coefficient (Wildman–Crippen LogP) is 5.42. The van der Waals surface area contributed by atoms with Gasteiger partial charge in [0.2, 0.25) is 11.8 Å². The minimum Gasteiger partial charge on any atom is -0.397 e. The Kier molecular flexibility index (Phi) is 10.6. The lowest BCUT2D eigenvalue weighted by Crippen LogP contribution is -2.52. The normalized spacial score (nSPS) is 19.8. The summed E-state index contributed by atoms with van der Waals surface area (Å²) in [6.07, 6.45) is -1.13. The summed E-state index contributed by atoms with van der Waals surface area (Å²) < 4.78 is 41.7. The first-order valence-electron chi connectivity index (χ1n) is 16.3. The lowest BCUT2D eigenvalue weighted by molar-refractivity contribution is -0.143. The molecule has 9 nitrogen and oxygen atoms in total. The predicted molar refractivity (Wildman–Crippen MR) is 176 cm³/mol. The Balaban J connectivity index is 1.35. The highest BCUT2D eigenvalue weighted by Gasteiger charge is 2.45. The standard InChI is InChI=1S/C34H44ClF3N6O3/c1-40-31(46)33(19-22-7-12-42(2)13-8-22,20-23-17-26(34(36,37)38)30(39)27(35)18-23)21-29(45)43-14-10-25(11-15-43)44-16-9-24-5-3-4-6-28(24)41-32(44)47/h3-6,17-18,22,25H,7-16,19-21,39H2,1-2H3,(H,40,46)(H,41,47)/t33-/m0/s1. The number of alkyl halides is 3. The quantitative estimate of drug-likeness (QED) is 0.324. The molecule has 2 saturated heterocycles. The smallest absolute Gasteiger partial charge is 0.397 e. The van der Waals surface area contributed by atoms with E-state index in [0.29, 0.717) is 38.9 Å². The fourth-order valence-corrected chi connectivity index (χ4v) is 7.75. The lowest BCUT2D eigenvalue weighted by Gasteiger charge is -2.41. The molecular formula is C34H44ClF3N6O3. The average molecular weight is 677 g/mol. The van der Waals surface area contributed by atoms with Crippen LogP contribution >= 0.6 is 11.6 Å². The van der Waals surface area contributed by atoms with Gasteiger partial charge in [0.05, 0.1) is 21.7 Å². The number of urea groups is 1. The Hall–Kier alpha value is -3.51. The topological polar surface area (TPSA) is 111 Å². The van der Waals surface area contributed by atoms with Crippen molar-refractivity contribution in [2.24, 2.45) is 11.3 Å². The number of nitrogens with zero attached hydrogens (tertiary/aromatic N) is 3. The van der Waals surface area contributed by atoms with E-state index >= 15 is 0 Å². The molecule has 2 fully saturated rings. The average Bonchev–Trinajstić information content (AvgIpc) is 3.20. The second kappa shape index (κ2) is 14.3. The Morgan fingerprint density at radius 3 is 2.38 bits per heavy atom. The van der Waals surface area contributed by atoms with E-state index in [0.717, 1.165) is 49.7 Å². The molecule has 0 spiro atoms. The Morgan fingerprint density at radius 1 is 1.04 bits per heavy atom. The van der Waals surface area contributed by atoms with Gasteiger partial charge >= 0.3 is 12.2 Å². The maximum absolute atomic E-state index is 14.0. The molecule has 0 aromatic heterocycles. The number of benzene rings is 2. The van der Waals surface area contributed by atoms with Gasteiger partial charge in [-0.25, -0.2) is 4.79 Å². The van der Waals surface area contributed by atoms with Crippen LogP contribution in [-0.2, 0) is 28.6 Å². The minimum atomic E-state index is -4.74. The molecular weight excluding hydrogens is 633 g/mol. The number of piperidine rings is 2. The molecule has 0 unspecified atom stereocenters. The van der Waals surface area contributed by atoms with E-state index in [9.17, 15) is 27.6 Å². The summed E-state index contributed by atoms with van der Waals surface area (Å²) in [6, 6.07) is 9.87. The van der Waals surface area contributed by atoms with E-state index in [1.165, 1.54) is 13.1 Å². The first kappa shape index (κ1) is 34.8. The third-order valence-electron chi connectivity index (χ3n) is 10.2. The number of hydrogen-bond donors (Lipinski definition) is 3. The Bertz CT molecular complexity index is 1470. The van der Waals surface area contributed by atoms with Crippen molar-refractivity contribution in [3.8, 4) is 0 Å². The van der Waals surface area contributed by atoms with E-state index in [1.54, 1.807) is 4.90 Å². The van der Waals surface area contributed by atoms with Gasteiger partial charge in [0.15, 0.2) is 0 Å². The number of carbonyl (C=O) groups is 3. The highest BCUT2D eigenvalue weighted by molar-refractivity contribution is 6.33. The number of likely N-dealkylation sites (tertiary alicyclic amines) is 2. The van der Waals surface area contributed by atoms with Gasteiger partial charge in [-0.15, -0.1) is 0 Å². The van der Waals surface area contributed by atoms with Crippen molar-refractivity contribution in [3.05, 3.63) is 58.1 Å². The number of amides is 4. The number of halogens is 4. The van der Waals surface area contributed by atoms with Gasteiger partial charge in [0, 0.05) is 44.8 Å². The van der Waals surface area contributed by atoms with E-state index in [2.05, 4.69) is 15.5 Å². The summed E-state index contributed by atoms with van der Waals surface area (Å²) in [5.74, 6) is -0.508. The lowest BCUT2D eigenvalue weighted by atomic mass is 9.69. The molecule has 0 saturated carbocycles. The number of fused-ring (bicyclic) bond motifs is 1. The van der Waals surface area contributed by atoms with Gasteiger partial charge in [-0.05, 0) is 100 Å². The molecule has 3 heterocycles. The van der Waals surface area contributed by atoms with Gasteiger partial charge in [-0.1, -0.05) is 29.8 Å². The number of anilines is 2. The molecule has 3 aliphatic heterocycles. The Labute approximate surface area is 279 Å². The number of para-hydroxylation sites is 1. The molecule has 256 valence electrons.